The summed E-state index contributed by atoms with van der Waals surface area (Å²) >= 11 is 1.83. The smallest absolute Gasteiger partial charge is 0.239 e. The van der Waals surface area contributed by atoms with Crippen LogP contribution in [0.2, 0.25) is 0 Å². The van der Waals surface area contributed by atoms with Gasteiger partial charge in [0.2, 0.25) is 5.95 Å². The van der Waals surface area contributed by atoms with Crippen LogP contribution in [0.1, 0.15) is 0 Å². The maximum atomic E-state index is 5.45. The molecule has 0 unspecified atom stereocenters. The fraction of sp³-hybridized carbons (Fsp3) is 0. The molecule has 8 aromatic carbocycles. The summed E-state index contributed by atoms with van der Waals surface area (Å²) < 4.78 is 4.69. The van der Waals surface area contributed by atoms with E-state index in [9.17, 15) is 0 Å². The average Bonchev–Trinajstić information content (AvgIpc) is 3.77. The molecule has 12 rings (SSSR count). The van der Waals surface area contributed by atoms with E-state index in [0.717, 1.165) is 49.5 Å². The molecule has 0 atom stereocenters. The zero-order valence-corrected chi connectivity index (χ0v) is 30.2. The molecule has 6 heteroatoms. The number of rotatable bonds is 4. The van der Waals surface area contributed by atoms with Gasteiger partial charge in [-0.05, 0) is 69.1 Å². The third-order valence-corrected chi connectivity index (χ3v) is 12.1. The molecule has 0 spiro atoms. The summed E-state index contributed by atoms with van der Waals surface area (Å²) in [6.07, 6.45) is 0. The van der Waals surface area contributed by atoms with E-state index in [0.29, 0.717) is 17.6 Å². The van der Waals surface area contributed by atoms with E-state index < -0.39 is 0 Å². The summed E-state index contributed by atoms with van der Waals surface area (Å²) in [6, 6.07) is 62.4. The second-order valence-electron chi connectivity index (χ2n) is 14.0. The Bertz CT molecular complexity index is 3360. The van der Waals surface area contributed by atoms with Gasteiger partial charge in [-0.1, -0.05) is 151 Å². The van der Waals surface area contributed by atoms with Crippen LogP contribution in [0.5, 0.6) is 0 Å². The molecule has 1 aliphatic heterocycles. The van der Waals surface area contributed by atoms with Crippen LogP contribution in [-0.2, 0) is 0 Å². The van der Waals surface area contributed by atoms with Crippen molar-refractivity contribution < 1.29 is 0 Å². The predicted octanol–water partition coefficient (Wildman–Crippen LogP) is 12.7. The van der Waals surface area contributed by atoms with Gasteiger partial charge in [-0.2, -0.15) is 9.97 Å². The minimum absolute atomic E-state index is 0.576. The fourth-order valence-corrected chi connectivity index (χ4v) is 9.63. The first-order chi connectivity index (χ1) is 27.3. The molecular formula is C49H29N5S. The van der Waals surface area contributed by atoms with Gasteiger partial charge in [0.25, 0.3) is 0 Å². The molecule has 0 N–H and O–H groups in total. The number of hydrogen-bond donors (Lipinski definition) is 0. The Labute approximate surface area is 320 Å². The highest BCUT2D eigenvalue weighted by atomic mass is 32.2. The van der Waals surface area contributed by atoms with E-state index in [1.165, 1.54) is 42.6 Å². The minimum Gasteiger partial charge on any atom is -0.293 e. The van der Waals surface area contributed by atoms with Gasteiger partial charge < -0.3 is 0 Å². The minimum atomic E-state index is 0.576. The van der Waals surface area contributed by atoms with Gasteiger partial charge in [0.05, 0.1) is 16.7 Å². The number of hydrogen-bond acceptors (Lipinski definition) is 4. The SMILES string of the molecule is c1ccc(-c2ccc(-c3nc(-c4ccc5ccccc5c4)nc(-n4c5ccccc5c5c6cccc7c6n(c54)-c4ccccc4S7)n3)c3ccccc23)cc1. The first kappa shape index (κ1) is 30.4. The summed E-state index contributed by atoms with van der Waals surface area (Å²) in [5.74, 6) is 1.83. The van der Waals surface area contributed by atoms with Crippen molar-refractivity contribution >= 4 is 66.1 Å². The topological polar surface area (TPSA) is 48.5 Å². The molecule has 0 radical (unpaired) electrons. The molecule has 55 heavy (non-hydrogen) atoms. The van der Waals surface area contributed by atoms with E-state index in [4.69, 9.17) is 15.0 Å². The van der Waals surface area contributed by atoms with Crippen molar-refractivity contribution in [2.24, 2.45) is 0 Å². The number of nitrogens with zero attached hydrogens (tertiary/aromatic N) is 5. The molecule has 256 valence electrons. The van der Waals surface area contributed by atoms with Crippen molar-refractivity contribution in [3.05, 3.63) is 176 Å². The van der Waals surface area contributed by atoms with Crippen LogP contribution in [0.15, 0.2) is 186 Å². The summed E-state index contributed by atoms with van der Waals surface area (Å²) in [6.45, 7) is 0. The van der Waals surface area contributed by atoms with E-state index in [-0.39, 0.29) is 0 Å². The number of aromatic nitrogens is 5. The van der Waals surface area contributed by atoms with Crippen LogP contribution in [0, 0.1) is 0 Å². The fourth-order valence-electron chi connectivity index (χ4n) is 8.54. The summed E-state index contributed by atoms with van der Waals surface area (Å²) in [5.41, 5.74) is 8.70. The molecule has 0 saturated carbocycles. The monoisotopic (exact) mass is 719 g/mol. The zero-order chi connectivity index (χ0) is 36.0. The van der Waals surface area contributed by atoms with Gasteiger partial charge in [-0.15, -0.1) is 0 Å². The van der Waals surface area contributed by atoms with Gasteiger partial charge in [0, 0.05) is 37.1 Å². The van der Waals surface area contributed by atoms with Crippen molar-refractivity contribution in [1.82, 2.24) is 24.1 Å². The normalized spacial score (nSPS) is 12.3. The van der Waals surface area contributed by atoms with Crippen molar-refractivity contribution in [1.29, 1.82) is 0 Å². The van der Waals surface area contributed by atoms with Gasteiger partial charge in [0.1, 0.15) is 5.65 Å². The Balaban J connectivity index is 1.20. The van der Waals surface area contributed by atoms with Gasteiger partial charge in [0.15, 0.2) is 11.6 Å². The summed E-state index contributed by atoms with van der Waals surface area (Å²) in [7, 11) is 0. The molecule has 5 nitrogen and oxygen atoms in total. The van der Waals surface area contributed by atoms with Crippen molar-refractivity contribution in [2.75, 3.05) is 0 Å². The first-order valence-electron chi connectivity index (χ1n) is 18.5. The van der Waals surface area contributed by atoms with Crippen molar-refractivity contribution in [3.8, 4) is 45.5 Å². The van der Waals surface area contributed by atoms with Crippen LogP contribution in [-0.4, -0.2) is 24.1 Å². The molecule has 1 aliphatic rings. The molecule has 3 aromatic heterocycles. The van der Waals surface area contributed by atoms with Gasteiger partial charge in [-0.3, -0.25) is 9.13 Å². The lowest BCUT2D eigenvalue weighted by molar-refractivity contribution is 0.927. The maximum Gasteiger partial charge on any atom is 0.239 e. The zero-order valence-electron chi connectivity index (χ0n) is 29.4. The van der Waals surface area contributed by atoms with Gasteiger partial charge in [-0.25, -0.2) is 4.98 Å². The Morgan fingerprint density at radius 2 is 1.09 bits per heavy atom. The van der Waals surface area contributed by atoms with E-state index in [1.54, 1.807) is 0 Å². The maximum absolute atomic E-state index is 5.45. The van der Waals surface area contributed by atoms with Crippen LogP contribution in [0.25, 0.3) is 99.9 Å². The first-order valence-corrected chi connectivity index (χ1v) is 19.3. The highest BCUT2D eigenvalue weighted by molar-refractivity contribution is 7.99. The van der Waals surface area contributed by atoms with Crippen LogP contribution in [0.3, 0.4) is 0 Å². The largest absolute Gasteiger partial charge is 0.293 e. The molecule has 0 saturated heterocycles. The predicted molar refractivity (Wildman–Crippen MR) is 226 cm³/mol. The molecule has 0 fully saturated rings. The highest BCUT2D eigenvalue weighted by Gasteiger charge is 2.29. The number of para-hydroxylation sites is 3. The number of fused-ring (bicyclic) bond motifs is 9. The molecule has 0 aliphatic carbocycles. The van der Waals surface area contributed by atoms with Crippen LogP contribution in [0.4, 0.5) is 0 Å². The Morgan fingerprint density at radius 3 is 1.98 bits per heavy atom. The lowest BCUT2D eigenvalue weighted by Gasteiger charge is -2.20. The molecule has 0 amide bonds. The molecule has 11 aromatic rings. The van der Waals surface area contributed by atoms with E-state index in [2.05, 4.69) is 185 Å². The second-order valence-corrected chi connectivity index (χ2v) is 15.1. The summed E-state index contributed by atoms with van der Waals surface area (Å²) in [4.78, 5) is 18.6. The molecule has 4 heterocycles. The third kappa shape index (κ3) is 4.52. The Morgan fingerprint density at radius 1 is 0.418 bits per heavy atom. The van der Waals surface area contributed by atoms with Crippen molar-refractivity contribution in [2.45, 2.75) is 9.79 Å². The Hall–Kier alpha value is -7.02. The van der Waals surface area contributed by atoms with Crippen molar-refractivity contribution in [3.63, 3.8) is 0 Å². The standard InChI is InChI=1S/C49H29N5S/c1-2-14-31(15-3-1)34-27-28-37(36-18-7-6-17-35(34)36)47-50-46(33-26-25-30-13-4-5-16-32(30)29-33)51-49(52-47)54-40-21-9-8-19-38(40)44-39-20-12-24-43-45(39)53(48(44)54)41-22-10-11-23-42(41)55-43/h1-29H. The summed E-state index contributed by atoms with van der Waals surface area (Å²) in [5, 5.41) is 8.12. The second kappa shape index (κ2) is 11.7. The Kier molecular flexibility index (Phi) is 6.50. The van der Waals surface area contributed by atoms with Crippen LogP contribution < -0.4 is 0 Å². The van der Waals surface area contributed by atoms with Crippen LogP contribution >= 0.6 is 11.8 Å². The van der Waals surface area contributed by atoms with E-state index >= 15 is 0 Å². The quantitative estimate of drug-likeness (QED) is 0.182. The molecular weight excluding hydrogens is 691 g/mol. The average molecular weight is 720 g/mol. The van der Waals surface area contributed by atoms with E-state index in [1.807, 2.05) is 11.8 Å². The number of benzene rings is 8. The molecule has 0 bridgehead atoms. The van der Waals surface area contributed by atoms with Gasteiger partial charge >= 0.3 is 0 Å². The lowest BCUT2D eigenvalue weighted by Crippen LogP contribution is -2.10. The lowest BCUT2D eigenvalue weighted by atomic mass is 9.95. The third-order valence-electron chi connectivity index (χ3n) is 11.0. The highest BCUT2D eigenvalue weighted by Crippen LogP contribution is 2.49.